The van der Waals surface area contributed by atoms with Crippen LogP contribution in [0.3, 0.4) is 0 Å². The maximum atomic E-state index is 11.8. The molecular weight excluding hydrogens is 348 g/mol. The highest BCUT2D eigenvalue weighted by molar-refractivity contribution is 5.85. The highest BCUT2D eigenvalue weighted by atomic mass is 16.6. The lowest BCUT2D eigenvalue weighted by molar-refractivity contribution is -0.384. The number of nitrogens with one attached hydrogen (secondary N) is 1. The number of hydrogen-bond acceptors (Lipinski definition) is 6. The van der Waals surface area contributed by atoms with Gasteiger partial charge in [0, 0.05) is 25.7 Å². The van der Waals surface area contributed by atoms with Gasteiger partial charge in [-0.1, -0.05) is 25.1 Å². The van der Waals surface area contributed by atoms with Gasteiger partial charge in [0.2, 0.25) is 0 Å². The predicted octanol–water partition coefficient (Wildman–Crippen LogP) is 2.75. The second-order valence-electron chi connectivity index (χ2n) is 5.98. The molecule has 0 unspecified atom stereocenters. The van der Waals surface area contributed by atoms with Gasteiger partial charge in [-0.05, 0) is 30.2 Å². The third kappa shape index (κ3) is 5.81. The molecule has 0 spiro atoms. The molecule has 0 aromatic heterocycles. The first kappa shape index (κ1) is 19.9. The molecule has 0 aliphatic rings. The summed E-state index contributed by atoms with van der Waals surface area (Å²) in [4.78, 5) is 24.2. The minimum Gasteiger partial charge on any atom is -0.484 e. The van der Waals surface area contributed by atoms with E-state index in [1.165, 1.54) is 17.8 Å². The molecule has 0 radical (unpaired) electrons. The van der Waals surface area contributed by atoms with E-state index in [2.05, 4.69) is 17.5 Å². The highest BCUT2D eigenvalue weighted by Gasteiger charge is 2.15. The number of anilines is 1. The molecule has 142 valence electrons. The fraction of sp³-hybridized carbons (Fsp3) is 0.263. The van der Waals surface area contributed by atoms with Crippen LogP contribution in [0.1, 0.15) is 18.1 Å². The van der Waals surface area contributed by atoms with Crippen LogP contribution in [0.25, 0.3) is 0 Å². The quantitative estimate of drug-likeness (QED) is 0.438. The molecule has 27 heavy (non-hydrogen) atoms. The third-order valence-corrected chi connectivity index (χ3v) is 3.78. The topological polar surface area (TPSA) is 97.1 Å². The van der Waals surface area contributed by atoms with Crippen LogP contribution in [-0.2, 0) is 11.2 Å². The summed E-state index contributed by atoms with van der Waals surface area (Å²) in [6.45, 7) is 1.88. The van der Waals surface area contributed by atoms with Crippen molar-refractivity contribution in [1.82, 2.24) is 5.43 Å². The van der Waals surface area contributed by atoms with E-state index in [0.29, 0.717) is 17.0 Å². The molecule has 8 heteroatoms. The Hall–Kier alpha value is -3.42. The van der Waals surface area contributed by atoms with Gasteiger partial charge < -0.3 is 9.64 Å². The Morgan fingerprint density at radius 3 is 2.56 bits per heavy atom. The van der Waals surface area contributed by atoms with Crippen LogP contribution in [0.2, 0.25) is 0 Å². The van der Waals surface area contributed by atoms with Gasteiger partial charge >= 0.3 is 0 Å². The first-order valence-electron chi connectivity index (χ1n) is 8.40. The molecule has 0 bridgehead atoms. The lowest BCUT2D eigenvalue weighted by atomic mass is 10.2. The van der Waals surface area contributed by atoms with Crippen molar-refractivity contribution < 1.29 is 14.5 Å². The smallest absolute Gasteiger partial charge is 0.293 e. The molecule has 0 atom stereocenters. The Morgan fingerprint density at radius 1 is 1.26 bits per heavy atom. The number of amides is 1. The van der Waals surface area contributed by atoms with E-state index >= 15 is 0 Å². The number of carbonyl (C=O) groups is 1. The molecule has 0 saturated carbocycles. The van der Waals surface area contributed by atoms with E-state index < -0.39 is 10.8 Å². The molecule has 0 fully saturated rings. The fourth-order valence-corrected chi connectivity index (χ4v) is 2.33. The molecular formula is C19H22N4O4. The summed E-state index contributed by atoms with van der Waals surface area (Å²) in [7, 11) is 3.46. The van der Waals surface area contributed by atoms with Crippen molar-refractivity contribution in [3.8, 4) is 5.75 Å². The molecule has 0 heterocycles. The van der Waals surface area contributed by atoms with Crippen molar-refractivity contribution in [2.45, 2.75) is 13.3 Å². The summed E-state index contributed by atoms with van der Waals surface area (Å²) in [6, 6.07) is 12.2. The van der Waals surface area contributed by atoms with Crippen molar-refractivity contribution in [1.29, 1.82) is 0 Å². The van der Waals surface area contributed by atoms with Crippen LogP contribution in [0.5, 0.6) is 5.75 Å². The molecule has 2 rings (SSSR count). The van der Waals surface area contributed by atoms with E-state index in [1.807, 2.05) is 12.1 Å². The molecule has 0 aliphatic carbocycles. The van der Waals surface area contributed by atoms with Crippen LogP contribution in [0.15, 0.2) is 47.6 Å². The summed E-state index contributed by atoms with van der Waals surface area (Å²) < 4.78 is 5.38. The molecule has 0 saturated heterocycles. The van der Waals surface area contributed by atoms with Crippen LogP contribution in [0.4, 0.5) is 11.4 Å². The standard InChI is InChI=1S/C19H22N4O4/c1-4-14-5-8-16(9-6-14)27-13-19(24)21-20-12-15-7-10-17(22(2)3)18(11-15)23(25)26/h5-12H,4,13H2,1-3H3,(H,21,24)/b20-12-. The second kappa shape index (κ2) is 9.33. The number of hydrazone groups is 1. The van der Waals surface area contributed by atoms with E-state index in [0.717, 1.165) is 6.42 Å². The van der Waals surface area contributed by atoms with Crippen LogP contribution < -0.4 is 15.1 Å². The number of rotatable bonds is 8. The first-order valence-corrected chi connectivity index (χ1v) is 8.40. The number of aryl methyl sites for hydroxylation is 1. The largest absolute Gasteiger partial charge is 0.484 e. The van der Waals surface area contributed by atoms with Crippen LogP contribution in [-0.4, -0.2) is 37.7 Å². The van der Waals surface area contributed by atoms with Crippen molar-refractivity contribution in [2.75, 3.05) is 25.6 Å². The number of benzene rings is 2. The minimum atomic E-state index is -0.455. The lowest BCUT2D eigenvalue weighted by Crippen LogP contribution is -2.24. The van der Waals surface area contributed by atoms with Gasteiger partial charge in [-0.25, -0.2) is 5.43 Å². The van der Waals surface area contributed by atoms with Crippen LogP contribution in [0, 0.1) is 10.1 Å². The Morgan fingerprint density at radius 2 is 1.96 bits per heavy atom. The second-order valence-corrected chi connectivity index (χ2v) is 5.98. The fourth-order valence-electron chi connectivity index (χ4n) is 2.33. The lowest BCUT2D eigenvalue weighted by Gasteiger charge is -2.12. The summed E-state index contributed by atoms with van der Waals surface area (Å²) in [6.07, 6.45) is 2.28. The Balaban J connectivity index is 1.91. The van der Waals surface area contributed by atoms with E-state index in [-0.39, 0.29) is 12.3 Å². The van der Waals surface area contributed by atoms with Gasteiger partial charge in [0.1, 0.15) is 11.4 Å². The SMILES string of the molecule is CCc1ccc(OCC(=O)N/N=C\c2ccc(N(C)C)c([N+](=O)[O-])c2)cc1. The zero-order valence-electron chi connectivity index (χ0n) is 15.5. The summed E-state index contributed by atoms with van der Waals surface area (Å²) in [5.41, 5.74) is 4.48. The van der Waals surface area contributed by atoms with E-state index in [4.69, 9.17) is 4.74 Å². The molecule has 0 aliphatic heterocycles. The zero-order chi connectivity index (χ0) is 19.8. The summed E-state index contributed by atoms with van der Waals surface area (Å²) >= 11 is 0. The Labute approximate surface area is 157 Å². The Kier molecular flexibility index (Phi) is 6.87. The van der Waals surface area contributed by atoms with Crippen molar-refractivity contribution >= 4 is 23.5 Å². The van der Waals surface area contributed by atoms with E-state index in [1.54, 1.807) is 43.3 Å². The monoisotopic (exact) mass is 370 g/mol. The third-order valence-electron chi connectivity index (χ3n) is 3.78. The Bertz CT molecular complexity index is 832. The number of nitrogens with zero attached hydrogens (tertiary/aromatic N) is 3. The van der Waals surface area contributed by atoms with Gasteiger partial charge in [0.05, 0.1) is 11.1 Å². The molecule has 2 aromatic carbocycles. The minimum absolute atomic E-state index is 0.0332. The highest BCUT2D eigenvalue weighted by Crippen LogP contribution is 2.27. The van der Waals surface area contributed by atoms with Gasteiger partial charge in [0.15, 0.2) is 6.61 Å². The molecule has 2 aromatic rings. The van der Waals surface area contributed by atoms with Crippen molar-refractivity contribution in [3.05, 3.63) is 63.7 Å². The van der Waals surface area contributed by atoms with Gasteiger partial charge in [-0.3, -0.25) is 14.9 Å². The number of carbonyl (C=O) groups excluding carboxylic acids is 1. The van der Waals surface area contributed by atoms with Gasteiger partial charge in [0.25, 0.3) is 11.6 Å². The molecule has 1 N–H and O–H groups in total. The van der Waals surface area contributed by atoms with Crippen molar-refractivity contribution in [2.24, 2.45) is 5.10 Å². The number of hydrogen-bond donors (Lipinski definition) is 1. The van der Waals surface area contributed by atoms with Gasteiger partial charge in [-0.15, -0.1) is 0 Å². The van der Waals surface area contributed by atoms with Gasteiger partial charge in [-0.2, -0.15) is 5.10 Å². The zero-order valence-corrected chi connectivity index (χ0v) is 15.5. The summed E-state index contributed by atoms with van der Waals surface area (Å²) in [5, 5.41) is 15.0. The average molecular weight is 370 g/mol. The predicted molar refractivity (Wildman–Crippen MR) is 104 cm³/mol. The first-order chi connectivity index (χ1) is 12.9. The van der Waals surface area contributed by atoms with Crippen LogP contribution >= 0.6 is 0 Å². The number of nitro groups is 1. The average Bonchev–Trinajstić information content (AvgIpc) is 2.66. The van der Waals surface area contributed by atoms with Crippen molar-refractivity contribution in [3.63, 3.8) is 0 Å². The number of nitro benzene ring substituents is 1. The summed E-state index contributed by atoms with van der Waals surface area (Å²) in [5.74, 6) is 0.173. The maximum absolute atomic E-state index is 11.8. The normalized spacial score (nSPS) is 10.6. The van der Waals surface area contributed by atoms with E-state index in [9.17, 15) is 14.9 Å². The number of ether oxygens (including phenoxy) is 1. The molecule has 8 nitrogen and oxygen atoms in total. The maximum Gasteiger partial charge on any atom is 0.293 e. The molecule has 1 amide bonds.